The molecule has 0 unspecified atom stereocenters. The zero-order chi connectivity index (χ0) is 18.1. The number of H-pyrrole nitrogens is 1. The summed E-state index contributed by atoms with van der Waals surface area (Å²) < 4.78 is 5.35. The Morgan fingerprint density at radius 2 is 2.23 bits per heavy atom. The second-order valence-corrected chi connectivity index (χ2v) is 6.30. The van der Waals surface area contributed by atoms with E-state index in [9.17, 15) is 4.79 Å². The fourth-order valence-electron chi connectivity index (χ4n) is 3.48. The maximum absolute atomic E-state index is 11.6. The van der Waals surface area contributed by atoms with Crippen molar-refractivity contribution in [3.8, 4) is 5.75 Å². The topological polar surface area (TPSA) is 84.2 Å². The monoisotopic (exact) mass is 348 g/mol. The number of nitrogens with zero attached hydrogens (tertiary/aromatic N) is 2. The molecule has 3 N–H and O–H groups in total. The summed E-state index contributed by atoms with van der Waals surface area (Å²) in [5, 5.41) is 1.16. The van der Waals surface area contributed by atoms with E-state index >= 15 is 0 Å². The average Bonchev–Trinajstić information content (AvgIpc) is 3.11. The molecule has 132 valence electrons. The van der Waals surface area contributed by atoms with Gasteiger partial charge in [-0.25, -0.2) is 0 Å². The first kappa shape index (κ1) is 16.2. The summed E-state index contributed by atoms with van der Waals surface area (Å²) in [6.07, 6.45) is 8.35. The van der Waals surface area contributed by atoms with Gasteiger partial charge in [-0.3, -0.25) is 9.78 Å². The number of rotatable bonds is 4. The number of pyridine rings is 1. The van der Waals surface area contributed by atoms with Crippen LogP contribution in [0.25, 0.3) is 16.5 Å². The van der Waals surface area contributed by atoms with Crippen LogP contribution in [0.3, 0.4) is 0 Å². The van der Waals surface area contributed by atoms with Crippen LogP contribution < -0.4 is 15.4 Å². The lowest BCUT2D eigenvalue weighted by Gasteiger charge is -2.29. The highest BCUT2D eigenvalue weighted by Crippen LogP contribution is 2.33. The molecule has 0 bridgehead atoms. The molecule has 1 aliphatic heterocycles. The van der Waals surface area contributed by atoms with Gasteiger partial charge in [0.05, 0.1) is 18.4 Å². The highest BCUT2D eigenvalue weighted by molar-refractivity contribution is 5.98. The number of amides is 1. The maximum atomic E-state index is 11.6. The molecule has 1 aliphatic rings. The molecule has 6 heteroatoms. The Bertz CT molecular complexity index is 1010. The van der Waals surface area contributed by atoms with Gasteiger partial charge in [0.2, 0.25) is 0 Å². The average molecular weight is 348 g/mol. The molecule has 3 heterocycles. The number of fused-ring (bicyclic) bond motifs is 1. The summed E-state index contributed by atoms with van der Waals surface area (Å²) in [6, 6.07) is 7.88. The lowest BCUT2D eigenvalue weighted by molar-refractivity contribution is 0.100. The number of carbonyl (C=O) groups excluding carboxylic acids is 1. The Morgan fingerprint density at radius 1 is 1.35 bits per heavy atom. The van der Waals surface area contributed by atoms with E-state index in [1.54, 1.807) is 13.3 Å². The molecule has 0 spiro atoms. The molecule has 2 aromatic heterocycles. The summed E-state index contributed by atoms with van der Waals surface area (Å²) in [7, 11) is 1.68. The first-order valence-electron chi connectivity index (χ1n) is 8.50. The highest BCUT2D eigenvalue weighted by atomic mass is 16.5. The van der Waals surface area contributed by atoms with Crippen molar-refractivity contribution in [2.45, 2.75) is 6.42 Å². The van der Waals surface area contributed by atoms with Gasteiger partial charge in [0.15, 0.2) is 0 Å². The third-order valence-corrected chi connectivity index (χ3v) is 4.85. The third kappa shape index (κ3) is 2.79. The minimum atomic E-state index is -0.452. The van der Waals surface area contributed by atoms with Gasteiger partial charge in [0.25, 0.3) is 5.91 Å². The molecule has 0 atom stereocenters. The Hall–Kier alpha value is -3.28. The molecule has 0 aliphatic carbocycles. The number of nitrogens with one attached hydrogen (secondary N) is 1. The number of benzene rings is 1. The third-order valence-electron chi connectivity index (χ3n) is 4.85. The van der Waals surface area contributed by atoms with Crippen LogP contribution in [0.1, 0.15) is 22.3 Å². The summed E-state index contributed by atoms with van der Waals surface area (Å²) in [5.74, 6) is 0.394. The standard InChI is InChI=1S/C20H20N4O2/c1-26-14-2-3-18-15(10-14)16(12-23-18)13-5-8-24(9-6-13)19-4-7-22-11-17(19)20(21)25/h2-5,7,10-12,23H,6,8-9H2,1H3,(H2,21,25). The van der Waals surface area contributed by atoms with E-state index in [1.165, 1.54) is 17.3 Å². The molecule has 0 radical (unpaired) electrons. The number of nitrogens with two attached hydrogens (primary N) is 1. The zero-order valence-electron chi connectivity index (χ0n) is 14.5. The summed E-state index contributed by atoms with van der Waals surface area (Å²) in [6.45, 7) is 1.53. The van der Waals surface area contributed by atoms with Crippen LogP contribution in [0.15, 0.2) is 48.9 Å². The maximum Gasteiger partial charge on any atom is 0.252 e. The normalized spacial score (nSPS) is 14.3. The van der Waals surface area contributed by atoms with Crippen LogP contribution in [0.4, 0.5) is 5.69 Å². The lowest BCUT2D eigenvalue weighted by Crippen LogP contribution is -2.30. The number of primary amides is 1. The van der Waals surface area contributed by atoms with Crippen LogP contribution in [-0.2, 0) is 0 Å². The van der Waals surface area contributed by atoms with Crippen LogP contribution in [0, 0.1) is 0 Å². The highest BCUT2D eigenvalue weighted by Gasteiger charge is 2.19. The van der Waals surface area contributed by atoms with Gasteiger partial charge in [0.1, 0.15) is 5.75 Å². The Balaban J connectivity index is 1.64. The Labute approximate surface area is 151 Å². The second-order valence-electron chi connectivity index (χ2n) is 6.30. The van der Waals surface area contributed by atoms with Crippen molar-refractivity contribution >= 4 is 28.1 Å². The van der Waals surface area contributed by atoms with Crippen molar-refractivity contribution in [3.05, 3.63) is 60.1 Å². The quantitative estimate of drug-likeness (QED) is 0.759. The minimum absolute atomic E-state index is 0.452. The number of hydrogen-bond donors (Lipinski definition) is 2. The second kappa shape index (κ2) is 6.55. The van der Waals surface area contributed by atoms with E-state index in [2.05, 4.69) is 27.0 Å². The van der Waals surface area contributed by atoms with Crippen LogP contribution in [0.5, 0.6) is 5.75 Å². The van der Waals surface area contributed by atoms with E-state index in [0.717, 1.165) is 41.9 Å². The fraction of sp³-hybridized carbons (Fsp3) is 0.200. The van der Waals surface area contributed by atoms with E-state index in [0.29, 0.717) is 5.56 Å². The number of hydrogen-bond acceptors (Lipinski definition) is 4. The summed E-state index contributed by atoms with van der Waals surface area (Å²) in [4.78, 5) is 21.1. The van der Waals surface area contributed by atoms with Crippen LogP contribution in [-0.4, -0.2) is 36.1 Å². The van der Waals surface area contributed by atoms with Crippen molar-refractivity contribution < 1.29 is 9.53 Å². The molecule has 0 saturated heterocycles. The first-order valence-corrected chi connectivity index (χ1v) is 8.50. The van der Waals surface area contributed by atoms with Gasteiger partial charge in [-0.2, -0.15) is 0 Å². The number of aromatic amines is 1. The van der Waals surface area contributed by atoms with Crippen molar-refractivity contribution in [1.29, 1.82) is 0 Å². The van der Waals surface area contributed by atoms with Gasteiger partial charge < -0.3 is 20.4 Å². The van der Waals surface area contributed by atoms with Crippen LogP contribution >= 0.6 is 0 Å². The SMILES string of the molecule is COc1ccc2[nH]cc(C3=CCN(c4ccncc4C(N)=O)CC3)c2c1. The number of carbonyl (C=O) groups is 1. The molecule has 0 saturated carbocycles. The van der Waals surface area contributed by atoms with Gasteiger partial charge in [-0.1, -0.05) is 6.08 Å². The number of aromatic nitrogens is 2. The number of methoxy groups -OCH3 is 1. The molecular formula is C20H20N4O2. The predicted octanol–water partition coefficient (Wildman–Crippen LogP) is 2.96. The molecule has 3 aromatic rings. The van der Waals surface area contributed by atoms with Crippen molar-refractivity contribution in [3.63, 3.8) is 0 Å². The number of ether oxygens (including phenoxy) is 1. The smallest absolute Gasteiger partial charge is 0.252 e. The molecule has 1 aromatic carbocycles. The largest absolute Gasteiger partial charge is 0.497 e. The fourth-order valence-corrected chi connectivity index (χ4v) is 3.48. The predicted molar refractivity (Wildman–Crippen MR) is 102 cm³/mol. The molecule has 1 amide bonds. The first-order chi connectivity index (χ1) is 12.7. The molecular weight excluding hydrogens is 328 g/mol. The van der Waals surface area contributed by atoms with E-state index < -0.39 is 5.91 Å². The van der Waals surface area contributed by atoms with E-state index in [4.69, 9.17) is 10.5 Å². The minimum Gasteiger partial charge on any atom is -0.497 e. The Morgan fingerprint density at radius 3 is 2.96 bits per heavy atom. The summed E-state index contributed by atoms with van der Waals surface area (Å²) in [5.41, 5.74) is 10.4. The molecule has 4 rings (SSSR count). The van der Waals surface area contributed by atoms with Crippen molar-refractivity contribution in [1.82, 2.24) is 9.97 Å². The van der Waals surface area contributed by atoms with Crippen LogP contribution in [0.2, 0.25) is 0 Å². The van der Waals surface area contributed by atoms with E-state index in [1.807, 2.05) is 24.4 Å². The van der Waals surface area contributed by atoms with E-state index in [-0.39, 0.29) is 0 Å². The van der Waals surface area contributed by atoms with Gasteiger partial charge in [-0.15, -0.1) is 0 Å². The van der Waals surface area contributed by atoms with Gasteiger partial charge in [-0.05, 0) is 36.3 Å². The van der Waals surface area contributed by atoms with Gasteiger partial charge >= 0.3 is 0 Å². The molecule has 0 fully saturated rings. The van der Waals surface area contributed by atoms with Gasteiger partial charge in [0, 0.05) is 48.1 Å². The molecule has 6 nitrogen and oxygen atoms in total. The lowest BCUT2D eigenvalue weighted by atomic mass is 9.98. The number of anilines is 1. The molecule has 26 heavy (non-hydrogen) atoms. The summed E-state index contributed by atoms with van der Waals surface area (Å²) >= 11 is 0. The van der Waals surface area contributed by atoms with Crippen molar-refractivity contribution in [2.24, 2.45) is 5.73 Å². The zero-order valence-corrected chi connectivity index (χ0v) is 14.5. The van der Waals surface area contributed by atoms with Crippen molar-refractivity contribution in [2.75, 3.05) is 25.1 Å². The Kier molecular flexibility index (Phi) is 4.08.